The summed E-state index contributed by atoms with van der Waals surface area (Å²) in [7, 11) is 0. The molecule has 0 saturated carbocycles. The van der Waals surface area contributed by atoms with E-state index >= 15 is 0 Å². The molecular formula is C20H25N3O2. The maximum absolute atomic E-state index is 12.8. The molecule has 2 aliphatic rings. The molecule has 2 amide bonds. The fourth-order valence-electron chi connectivity index (χ4n) is 4.03. The van der Waals surface area contributed by atoms with Crippen molar-refractivity contribution in [2.45, 2.75) is 45.1 Å². The average molecular weight is 339 g/mol. The maximum Gasteiger partial charge on any atom is 0.242 e. The van der Waals surface area contributed by atoms with Gasteiger partial charge in [0.15, 0.2) is 0 Å². The lowest BCUT2D eigenvalue weighted by molar-refractivity contribution is -0.141. The van der Waals surface area contributed by atoms with Crippen LogP contribution in [-0.2, 0) is 22.6 Å². The van der Waals surface area contributed by atoms with E-state index in [9.17, 15) is 9.59 Å². The number of rotatable bonds is 2. The molecule has 0 radical (unpaired) electrons. The standard InChI is InChI=1S/C20H25N3O2/c24-19-9-3-1-2-6-11-22(19)14-20(25)23-12-10-18-16(13-23)15-7-4-5-8-17(15)21-18/h4-5,7-8,21H,1-3,6,9-14H2. The molecule has 1 aromatic heterocycles. The minimum atomic E-state index is 0.0739. The Morgan fingerprint density at radius 1 is 1.04 bits per heavy atom. The summed E-state index contributed by atoms with van der Waals surface area (Å²) in [5.41, 5.74) is 3.61. The number of hydrogen-bond donors (Lipinski definition) is 1. The third kappa shape index (κ3) is 3.28. The van der Waals surface area contributed by atoms with Gasteiger partial charge in [-0.05, 0) is 18.9 Å². The van der Waals surface area contributed by atoms with Crippen LogP contribution in [0, 0.1) is 0 Å². The summed E-state index contributed by atoms with van der Waals surface area (Å²) in [5.74, 6) is 0.211. The van der Waals surface area contributed by atoms with Crippen LogP contribution in [-0.4, -0.2) is 46.2 Å². The summed E-state index contributed by atoms with van der Waals surface area (Å²) in [5, 5.41) is 1.21. The molecule has 2 aromatic rings. The second-order valence-electron chi connectivity index (χ2n) is 7.17. The van der Waals surface area contributed by atoms with Gasteiger partial charge in [-0.1, -0.05) is 31.0 Å². The van der Waals surface area contributed by atoms with Gasteiger partial charge in [0, 0.05) is 54.6 Å². The molecule has 1 N–H and O–H groups in total. The average Bonchev–Trinajstić information content (AvgIpc) is 2.99. The van der Waals surface area contributed by atoms with Crippen LogP contribution < -0.4 is 0 Å². The van der Waals surface area contributed by atoms with Crippen LogP contribution in [0.15, 0.2) is 24.3 Å². The molecule has 25 heavy (non-hydrogen) atoms. The van der Waals surface area contributed by atoms with E-state index in [2.05, 4.69) is 17.1 Å². The Morgan fingerprint density at radius 2 is 1.88 bits per heavy atom. The van der Waals surface area contributed by atoms with Gasteiger partial charge in [-0.25, -0.2) is 0 Å². The van der Waals surface area contributed by atoms with Crippen molar-refractivity contribution >= 4 is 22.7 Å². The smallest absolute Gasteiger partial charge is 0.242 e. The molecule has 5 nitrogen and oxygen atoms in total. The molecule has 0 atom stereocenters. The Labute approximate surface area is 148 Å². The van der Waals surface area contributed by atoms with Crippen molar-refractivity contribution in [3.8, 4) is 0 Å². The Kier molecular flexibility index (Phi) is 4.47. The van der Waals surface area contributed by atoms with E-state index in [0.717, 1.165) is 50.7 Å². The molecule has 1 fully saturated rings. The number of nitrogens with one attached hydrogen (secondary N) is 1. The Balaban J connectivity index is 1.47. The van der Waals surface area contributed by atoms with Crippen LogP contribution in [0.5, 0.6) is 0 Å². The number of amides is 2. The number of fused-ring (bicyclic) bond motifs is 3. The molecule has 0 aliphatic carbocycles. The van der Waals surface area contributed by atoms with Gasteiger partial charge in [0.1, 0.15) is 0 Å². The van der Waals surface area contributed by atoms with Crippen molar-refractivity contribution in [2.75, 3.05) is 19.6 Å². The Bertz CT molecular complexity index is 795. The highest BCUT2D eigenvalue weighted by Crippen LogP contribution is 2.27. The second-order valence-corrected chi connectivity index (χ2v) is 7.17. The molecule has 0 spiro atoms. The van der Waals surface area contributed by atoms with Crippen molar-refractivity contribution in [1.29, 1.82) is 0 Å². The molecular weight excluding hydrogens is 314 g/mol. The van der Waals surface area contributed by atoms with E-state index in [1.165, 1.54) is 16.6 Å². The first-order valence-corrected chi connectivity index (χ1v) is 9.36. The van der Waals surface area contributed by atoms with E-state index in [1.807, 2.05) is 17.0 Å². The molecule has 4 rings (SSSR count). The highest BCUT2D eigenvalue weighted by atomic mass is 16.2. The third-order valence-corrected chi connectivity index (χ3v) is 5.48. The van der Waals surface area contributed by atoms with Gasteiger partial charge in [-0.15, -0.1) is 0 Å². The molecule has 0 unspecified atom stereocenters. The number of H-pyrrole nitrogens is 1. The van der Waals surface area contributed by atoms with Crippen molar-refractivity contribution in [3.05, 3.63) is 35.5 Å². The van der Waals surface area contributed by atoms with Crippen molar-refractivity contribution < 1.29 is 9.59 Å². The van der Waals surface area contributed by atoms with E-state index in [-0.39, 0.29) is 18.4 Å². The topological polar surface area (TPSA) is 56.4 Å². The fourth-order valence-corrected chi connectivity index (χ4v) is 4.03. The molecule has 0 bridgehead atoms. The lowest BCUT2D eigenvalue weighted by Crippen LogP contribution is -2.45. The summed E-state index contributed by atoms with van der Waals surface area (Å²) >= 11 is 0. The zero-order valence-corrected chi connectivity index (χ0v) is 14.6. The van der Waals surface area contributed by atoms with Crippen LogP contribution in [0.1, 0.15) is 43.4 Å². The number of carbonyl (C=O) groups excluding carboxylic acids is 2. The van der Waals surface area contributed by atoms with Crippen LogP contribution in [0.2, 0.25) is 0 Å². The third-order valence-electron chi connectivity index (χ3n) is 5.48. The first-order valence-electron chi connectivity index (χ1n) is 9.36. The number of likely N-dealkylation sites (tertiary alicyclic amines) is 1. The predicted molar refractivity (Wildman–Crippen MR) is 97.1 cm³/mol. The van der Waals surface area contributed by atoms with Crippen LogP contribution in [0.3, 0.4) is 0 Å². The minimum Gasteiger partial charge on any atom is -0.358 e. The van der Waals surface area contributed by atoms with Gasteiger partial charge < -0.3 is 14.8 Å². The molecule has 5 heteroatoms. The summed E-state index contributed by atoms with van der Waals surface area (Å²) in [4.78, 5) is 32.2. The van der Waals surface area contributed by atoms with Gasteiger partial charge >= 0.3 is 0 Å². The zero-order chi connectivity index (χ0) is 17.2. The number of hydrogen-bond acceptors (Lipinski definition) is 2. The van der Waals surface area contributed by atoms with Crippen molar-refractivity contribution in [2.24, 2.45) is 0 Å². The van der Waals surface area contributed by atoms with Gasteiger partial charge in [-0.2, -0.15) is 0 Å². The van der Waals surface area contributed by atoms with E-state index in [0.29, 0.717) is 13.0 Å². The fraction of sp³-hybridized carbons (Fsp3) is 0.500. The number of carbonyl (C=O) groups is 2. The van der Waals surface area contributed by atoms with Gasteiger partial charge in [0.25, 0.3) is 0 Å². The Morgan fingerprint density at radius 3 is 2.80 bits per heavy atom. The first kappa shape index (κ1) is 16.2. The number of aromatic amines is 1. The van der Waals surface area contributed by atoms with Crippen molar-refractivity contribution in [1.82, 2.24) is 14.8 Å². The van der Waals surface area contributed by atoms with Crippen LogP contribution in [0.25, 0.3) is 10.9 Å². The summed E-state index contributed by atoms with van der Waals surface area (Å²) < 4.78 is 0. The summed E-state index contributed by atoms with van der Waals surface area (Å²) in [6, 6.07) is 8.26. The summed E-state index contributed by atoms with van der Waals surface area (Å²) in [6.45, 7) is 2.31. The Hall–Kier alpha value is -2.30. The number of nitrogens with zero attached hydrogens (tertiary/aromatic N) is 2. The molecule has 132 valence electrons. The quantitative estimate of drug-likeness (QED) is 0.915. The predicted octanol–water partition coefficient (Wildman–Crippen LogP) is 2.85. The molecule has 3 heterocycles. The normalized spacial score (nSPS) is 18.8. The van der Waals surface area contributed by atoms with E-state index in [4.69, 9.17) is 0 Å². The SMILES string of the molecule is O=C1CCCCCCN1CC(=O)N1CCc2[nH]c3ccccc3c2C1. The lowest BCUT2D eigenvalue weighted by Gasteiger charge is -2.31. The van der Waals surface area contributed by atoms with Gasteiger partial charge in [0.2, 0.25) is 11.8 Å². The van der Waals surface area contributed by atoms with Crippen molar-refractivity contribution in [3.63, 3.8) is 0 Å². The highest BCUT2D eigenvalue weighted by molar-refractivity contribution is 5.87. The molecule has 1 aromatic carbocycles. The number of para-hydroxylation sites is 1. The maximum atomic E-state index is 12.8. The summed E-state index contributed by atoms with van der Waals surface area (Å²) in [6.07, 6.45) is 5.67. The minimum absolute atomic E-state index is 0.0739. The number of benzene rings is 1. The van der Waals surface area contributed by atoms with E-state index in [1.54, 1.807) is 4.90 Å². The van der Waals surface area contributed by atoms with E-state index < -0.39 is 0 Å². The number of aromatic nitrogens is 1. The van der Waals surface area contributed by atoms with Crippen LogP contribution >= 0.6 is 0 Å². The van der Waals surface area contributed by atoms with Gasteiger partial charge in [-0.3, -0.25) is 9.59 Å². The highest BCUT2D eigenvalue weighted by Gasteiger charge is 2.26. The molecule has 1 saturated heterocycles. The first-order chi connectivity index (χ1) is 12.2. The molecule has 2 aliphatic heterocycles. The van der Waals surface area contributed by atoms with Gasteiger partial charge in [0.05, 0.1) is 6.54 Å². The zero-order valence-electron chi connectivity index (χ0n) is 14.6. The lowest BCUT2D eigenvalue weighted by atomic mass is 10.0. The second kappa shape index (κ2) is 6.90. The monoisotopic (exact) mass is 339 g/mol. The largest absolute Gasteiger partial charge is 0.358 e. The van der Waals surface area contributed by atoms with Crippen LogP contribution in [0.4, 0.5) is 0 Å².